The van der Waals surface area contributed by atoms with Crippen molar-refractivity contribution < 1.29 is 10.2 Å². The van der Waals surface area contributed by atoms with Crippen LogP contribution in [0.2, 0.25) is 0 Å². The van der Waals surface area contributed by atoms with E-state index in [1.807, 2.05) is 16.8 Å². The second-order valence-corrected chi connectivity index (χ2v) is 9.97. The number of rotatable bonds is 5. The fourth-order valence-corrected chi connectivity index (χ4v) is 6.11. The summed E-state index contributed by atoms with van der Waals surface area (Å²) in [7, 11) is 0. The van der Waals surface area contributed by atoms with Gasteiger partial charge in [0.1, 0.15) is 29.7 Å². The minimum absolute atomic E-state index is 0.320. The van der Waals surface area contributed by atoms with Crippen molar-refractivity contribution in [1.29, 1.82) is 0 Å². The van der Waals surface area contributed by atoms with Crippen LogP contribution in [0.5, 0.6) is 0 Å². The number of aromatic nitrogens is 4. The highest BCUT2D eigenvalue weighted by Gasteiger charge is 2.85. The molecule has 0 amide bonds. The number of anilines is 2. The second kappa shape index (κ2) is 6.65. The van der Waals surface area contributed by atoms with Gasteiger partial charge in [-0.2, -0.15) is 0 Å². The summed E-state index contributed by atoms with van der Waals surface area (Å²) in [6.07, 6.45) is 3.96. The van der Waals surface area contributed by atoms with Crippen molar-refractivity contribution >= 4 is 33.6 Å². The van der Waals surface area contributed by atoms with E-state index in [-0.39, 0.29) is 5.41 Å². The zero-order valence-corrected chi connectivity index (χ0v) is 18.7. The van der Waals surface area contributed by atoms with E-state index in [2.05, 4.69) is 53.1 Å². The Kier molecular flexibility index (Phi) is 4.11. The van der Waals surface area contributed by atoms with E-state index in [1.165, 1.54) is 6.33 Å². The molecule has 2 aliphatic carbocycles. The zero-order chi connectivity index (χ0) is 23.1. The van der Waals surface area contributed by atoms with Gasteiger partial charge in [-0.3, -0.25) is 0 Å². The van der Waals surface area contributed by atoms with Gasteiger partial charge in [0.05, 0.1) is 22.5 Å². The van der Waals surface area contributed by atoms with E-state index in [0.717, 1.165) is 40.3 Å². The van der Waals surface area contributed by atoms with Crippen LogP contribution in [0.1, 0.15) is 43.7 Å². The summed E-state index contributed by atoms with van der Waals surface area (Å²) in [5.74, 6) is 1.31. The molecule has 0 unspecified atom stereocenters. The third-order valence-electron chi connectivity index (χ3n) is 8.04. The zero-order valence-electron chi connectivity index (χ0n) is 18.7. The molecule has 6 rings (SSSR count). The van der Waals surface area contributed by atoms with E-state index in [9.17, 15) is 10.2 Å². The van der Waals surface area contributed by atoms with Crippen molar-refractivity contribution in [2.24, 2.45) is 5.41 Å². The first-order valence-electron chi connectivity index (χ1n) is 11.4. The number of aryl methyl sites for hydroxylation is 1. The molecule has 6 N–H and O–H groups in total. The smallest absolute Gasteiger partial charge is 0.146 e. The molecule has 170 valence electrons. The molecule has 2 fully saturated rings. The van der Waals surface area contributed by atoms with Gasteiger partial charge in [0.25, 0.3) is 0 Å². The van der Waals surface area contributed by atoms with Crippen molar-refractivity contribution in [3.63, 3.8) is 0 Å². The molecule has 0 radical (unpaired) electrons. The SMILES string of the molecule is CC(C)c1cc2ccc(CC[C@]34C[C@]3(n3ccc5c(N)ncnc53)[C@H](O)[C@@H]4O)cc2nc1N. The molecule has 0 spiro atoms. The quantitative estimate of drug-likeness (QED) is 0.371. The lowest BCUT2D eigenvalue weighted by Crippen LogP contribution is -2.60. The fraction of sp³-hybridized carbons (Fsp3) is 0.400. The molecular weight excluding hydrogens is 416 g/mol. The molecule has 3 heterocycles. The Morgan fingerprint density at radius 2 is 1.91 bits per heavy atom. The van der Waals surface area contributed by atoms with Crippen molar-refractivity contribution in [2.45, 2.75) is 56.8 Å². The maximum absolute atomic E-state index is 10.8. The number of hydrogen-bond donors (Lipinski definition) is 4. The number of fused-ring (bicyclic) bond motifs is 3. The highest BCUT2D eigenvalue weighted by atomic mass is 16.3. The number of benzene rings is 1. The first-order valence-corrected chi connectivity index (χ1v) is 11.4. The molecule has 4 aromatic rings. The summed E-state index contributed by atoms with van der Waals surface area (Å²) < 4.78 is 1.99. The Morgan fingerprint density at radius 3 is 2.70 bits per heavy atom. The Balaban J connectivity index is 1.30. The van der Waals surface area contributed by atoms with Crippen molar-refractivity contribution in [1.82, 2.24) is 19.5 Å². The average Bonchev–Trinajstić information content (AvgIpc) is 3.19. The lowest BCUT2D eigenvalue weighted by molar-refractivity contribution is -0.147. The summed E-state index contributed by atoms with van der Waals surface area (Å²) in [5, 5.41) is 23.4. The second-order valence-electron chi connectivity index (χ2n) is 9.97. The molecule has 2 aliphatic rings. The summed E-state index contributed by atoms with van der Waals surface area (Å²) in [4.78, 5) is 13.1. The molecule has 1 aromatic carbocycles. The maximum Gasteiger partial charge on any atom is 0.146 e. The summed E-state index contributed by atoms with van der Waals surface area (Å²) in [6.45, 7) is 4.23. The number of nitrogens with two attached hydrogens (primary N) is 2. The van der Waals surface area contributed by atoms with E-state index in [0.29, 0.717) is 29.6 Å². The first kappa shape index (κ1) is 20.4. The number of pyridine rings is 1. The molecule has 4 atom stereocenters. The molecule has 0 saturated heterocycles. The first-order chi connectivity index (χ1) is 15.8. The van der Waals surface area contributed by atoms with Gasteiger partial charge in [-0.05, 0) is 54.5 Å². The van der Waals surface area contributed by atoms with E-state index in [4.69, 9.17) is 11.5 Å². The van der Waals surface area contributed by atoms with Crippen LogP contribution >= 0.6 is 0 Å². The van der Waals surface area contributed by atoms with E-state index in [1.54, 1.807) is 0 Å². The predicted octanol–water partition coefficient (Wildman–Crippen LogP) is 2.72. The van der Waals surface area contributed by atoms with E-state index < -0.39 is 17.7 Å². The molecule has 0 aliphatic heterocycles. The Morgan fingerprint density at radius 1 is 1.09 bits per heavy atom. The van der Waals surface area contributed by atoms with Gasteiger partial charge in [-0.25, -0.2) is 15.0 Å². The average molecular weight is 445 g/mol. The highest BCUT2D eigenvalue weighted by molar-refractivity contribution is 5.86. The molecule has 2 saturated carbocycles. The molecular formula is C25H28N6O2. The number of hydrogen-bond acceptors (Lipinski definition) is 7. The molecule has 8 nitrogen and oxygen atoms in total. The Bertz CT molecular complexity index is 1420. The van der Waals surface area contributed by atoms with Gasteiger partial charge in [-0.15, -0.1) is 0 Å². The van der Waals surface area contributed by atoms with Gasteiger partial charge in [0.15, 0.2) is 0 Å². The van der Waals surface area contributed by atoms with Crippen molar-refractivity contribution in [3.8, 4) is 0 Å². The lowest BCUT2D eigenvalue weighted by Gasteiger charge is -2.46. The normalized spacial score (nSPS) is 28.3. The van der Waals surface area contributed by atoms with Crippen LogP contribution in [-0.4, -0.2) is 41.9 Å². The lowest BCUT2D eigenvalue weighted by atomic mass is 9.70. The third-order valence-corrected chi connectivity index (χ3v) is 8.04. The van der Waals surface area contributed by atoms with Crippen LogP contribution in [0.25, 0.3) is 21.9 Å². The fourth-order valence-electron chi connectivity index (χ4n) is 6.11. The van der Waals surface area contributed by atoms with Gasteiger partial charge in [0, 0.05) is 17.0 Å². The van der Waals surface area contributed by atoms with Gasteiger partial charge < -0.3 is 26.2 Å². The minimum atomic E-state index is -0.836. The van der Waals surface area contributed by atoms with Crippen LogP contribution in [0.15, 0.2) is 42.9 Å². The third kappa shape index (κ3) is 2.56. The molecule has 33 heavy (non-hydrogen) atoms. The number of nitrogen functional groups attached to an aromatic ring is 2. The predicted molar refractivity (Wildman–Crippen MR) is 128 cm³/mol. The maximum atomic E-state index is 10.8. The standard InChI is InChI=1S/C25H28N6O2/c1-13(2)17-10-15-4-3-14(9-18(15)30-22(17)27)5-7-24-11-25(24,20(33)19(24)32)31-8-6-16-21(26)28-12-29-23(16)31/h3-4,6,8-10,12-13,19-20,32-33H,5,7,11H2,1-2H3,(H2,27,30)(H2,26,28,29)/t19-,20+,24+,25-/m0/s1. The summed E-state index contributed by atoms with van der Waals surface area (Å²) >= 11 is 0. The molecule has 8 heteroatoms. The number of nitrogens with zero attached hydrogens (tertiary/aromatic N) is 4. The number of aliphatic hydroxyl groups excluding tert-OH is 2. The largest absolute Gasteiger partial charge is 0.390 e. The van der Waals surface area contributed by atoms with Crippen LogP contribution in [0, 0.1) is 5.41 Å². The van der Waals surface area contributed by atoms with Crippen LogP contribution < -0.4 is 11.5 Å². The Labute approximate surface area is 191 Å². The molecule has 0 bridgehead atoms. The summed E-state index contributed by atoms with van der Waals surface area (Å²) in [6, 6.07) is 10.3. The molecule has 3 aromatic heterocycles. The monoisotopic (exact) mass is 444 g/mol. The van der Waals surface area contributed by atoms with Gasteiger partial charge >= 0.3 is 0 Å². The van der Waals surface area contributed by atoms with Crippen LogP contribution in [-0.2, 0) is 12.0 Å². The Hall–Kier alpha value is -3.23. The summed E-state index contributed by atoms with van der Waals surface area (Å²) in [5.41, 5.74) is 15.0. The van der Waals surface area contributed by atoms with Crippen molar-refractivity contribution in [3.05, 3.63) is 54.0 Å². The topological polar surface area (TPSA) is 136 Å². The van der Waals surface area contributed by atoms with Crippen LogP contribution in [0.3, 0.4) is 0 Å². The van der Waals surface area contributed by atoms with Crippen LogP contribution in [0.4, 0.5) is 11.6 Å². The van der Waals surface area contributed by atoms with Crippen molar-refractivity contribution in [2.75, 3.05) is 11.5 Å². The number of aliphatic hydroxyl groups is 2. The van der Waals surface area contributed by atoms with E-state index >= 15 is 0 Å². The van der Waals surface area contributed by atoms with Gasteiger partial charge in [-0.1, -0.05) is 26.0 Å². The minimum Gasteiger partial charge on any atom is -0.390 e. The highest BCUT2D eigenvalue weighted by Crippen LogP contribution is 2.77. The van der Waals surface area contributed by atoms with Gasteiger partial charge in [0.2, 0.25) is 0 Å².